The molecule has 184 valence electrons. The lowest BCUT2D eigenvalue weighted by Crippen LogP contribution is -2.58. The molecule has 5 nitrogen and oxygen atoms in total. The molecule has 0 aromatic rings. The number of ketones is 1. The molecule has 4 saturated carbocycles. The van der Waals surface area contributed by atoms with Gasteiger partial charge in [0.2, 0.25) is 0 Å². The zero-order valence-electron chi connectivity index (χ0n) is 20.9. The number of hydrogen-bond donors (Lipinski definition) is 0. The van der Waals surface area contributed by atoms with Crippen LogP contribution in [-0.4, -0.2) is 36.4 Å². The molecule has 11 atom stereocenters. The van der Waals surface area contributed by atoms with E-state index in [9.17, 15) is 9.59 Å². The van der Waals surface area contributed by atoms with Gasteiger partial charge in [-0.15, -0.1) is 0 Å². The lowest BCUT2D eigenvalue weighted by molar-refractivity contribution is -0.264. The predicted molar refractivity (Wildman–Crippen MR) is 123 cm³/mol. The van der Waals surface area contributed by atoms with Gasteiger partial charge in [0.15, 0.2) is 5.79 Å². The molecule has 6 rings (SSSR count). The molecule has 2 aliphatic heterocycles. The SMILES string of the molecule is CC(=O)OC1CCC2(C)C(CCC3C2CC(=O)C2(C)C3CC3OC4(CCCCO4)C(C)C32)C1. The third-order valence-electron chi connectivity index (χ3n) is 11.8. The van der Waals surface area contributed by atoms with Crippen LogP contribution >= 0.6 is 0 Å². The molecular weight excluding hydrogens is 416 g/mol. The summed E-state index contributed by atoms with van der Waals surface area (Å²) in [5, 5.41) is 0. The van der Waals surface area contributed by atoms with Crippen LogP contribution in [0.1, 0.15) is 91.9 Å². The maximum Gasteiger partial charge on any atom is 0.302 e. The van der Waals surface area contributed by atoms with E-state index in [-0.39, 0.29) is 34.9 Å². The Hall–Kier alpha value is -0.940. The number of carbonyl (C=O) groups excluding carboxylic acids is 2. The number of esters is 1. The van der Waals surface area contributed by atoms with Crippen LogP contribution < -0.4 is 0 Å². The minimum atomic E-state index is -0.447. The highest BCUT2D eigenvalue weighted by atomic mass is 16.7. The molecule has 0 N–H and O–H groups in total. The van der Waals surface area contributed by atoms with Crippen molar-refractivity contribution < 1.29 is 23.8 Å². The zero-order chi connectivity index (χ0) is 23.2. The monoisotopic (exact) mass is 458 g/mol. The quantitative estimate of drug-likeness (QED) is 0.499. The van der Waals surface area contributed by atoms with Crippen LogP contribution in [0.3, 0.4) is 0 Å². The minimum Gasteiger partial charge on any atom is -0.463 e. The molecule has 0 bridgehead atoms. The highest BCUT2D eigenvalue weighted by Gasteiger charge is 2.71. The number of Topliss-reactive ketones (excluding diaryl/α,β-unsaturated/α-hetero) is 1. The first-order valence-electron chi connectivity index (χ1n) is 13.7. The largest absolute Gasteiger partial charge is 0.463 e. The molecule has 6 aliphatic rings. The van der Waals surface area contributed by atoms with E-state index in [1.165, 1.54) is 19.8 Å². The van der Waals surface area contributed by atoms with Crippen LogP contribution in [0, 0.1) is 46.3 Å². The van der Waals surface area contributed by atoms with Gasteiger partial charge in [-0.3, -0.25) is 9.59 Å². The summed E-state index contributed by atoms with van der Waals surface area (Å²) < 4.78 is 18.7. The Labute approximate surface area is 198 Å². The summed E-state index contributed by atoms with van der Waals surface area (Å²) in [5.41, 5.74) is -0.0812. The van der Waals surface area contributed by atoms with Crippen molar-refractivity contribution in [1.29, 1.82) is 0 Å². The third kappa shape index (κ3) is 3.03. The number of hydrogen-bond acceptors (Lipinski definition) is 5. The van der Waals surface area contributed by atoms with Gasteiger partial charge in [0.05, 0.1) is 12.7 Å². The van der Waals surface area contributed by atoms with Crippen LogP contribution in [0.15, 0.2) is 0 Å². The van der Waals surface area contributed by atoms with Crippen LogP contribution in [0.2, 0.25) is 0 Å². The van der Waals surface area contributed by atoms with Crippen LogP contribution in [0.4, 0.5) is 0 Å². The van der Waals surface area contributed by atoms with E-state index in [0.29, 0.717) is 35.4 Å². The Bertz CT molecular complexity index is 832. The number of fused-ring (bicyclic) bond motifs is 7. The Morgan fingerprint density at radius 2 is 1.88 bits per heavy atom. The summed E-state index contributed by atoms with van der Waals surface area (Å²) in [4.78, 5) is 25.6. The molecule has 1 spiro atoms. The molecule has 0 aromatic heterocycles. The summed E-state index contributed by atoms with van der Waals surface area (Å²) in [6.07, 6.45) is 10.6. The van der Waals surface area contributed by atoms with Gasteiger partial charge in [0.25, 0.3) is 0 Å². The van der Waals surface area contributed by atoms with E-state index >= 15 is 0 Å². The van der Waals surface area contributed by atoms with Crippen molar-refractivity contribution in [3.05, 3.63) is 0 Å². The predicted octanol–water partition coefficient (Wildman–Crippen LogP) is 5.30. The Balaban J connectivity index is 1.26. The lowest BCUT2D eigenvalue weighted by Gasteiger charge is -2.60. The maximum atomic E-state index is 14.1. The first-order valence-corrected chi connectivity index (χ1v) is 13.7. The van der Waals surface area contributed by atoms with Gasteiger partial charge >= 0.3 is 5.97 Å². The fourth-order valence-corrected chi connectivity index (χ4v) is 10.2. The van der Waals surface area contributed by atoms with Crippen molar-refractivity contribution in [2.75, 3.05) is 6.61 Å². The molecule has 2 heterocycles. The summed E-state index contributed by atoms with van der Waals surface area (Å²) in [5.74, 6) is 2.54. The summed E-state index contributed by atoms with van der Waals surface area (Å²) in [7, 11) is 0. The number of carbonyl (C=O) groups is 2. The number of ether oxygens (including phenoxy) is 3. The smallest absolute Gasteiger partial charge is 0.302 e. The zero-order valence-corrected chi connectivity index (χ0v) is 20.9. The molecule has 0 aromatic carbocycles. The molecule has 4 aliphatic carbocycles. The molecule has 11 unspecified atom stereocenters. The van der Waals surface area contributed by atoms with E-state index in [1.807, 2.05) is 0 Å². The summed E-state index contributed by atoms with van der Waals surface area (Å²) in [6, 6.07) is 0. The Kier molecular flexibility index (Phi) is 5.14. The normalized spacial score (nSPS) is 55.5. The molecule has 0 amide bonds. The van der Waals surface area contributed by atoms with Crippen molar-refractivity contribution in [3.8, 4) is 0 Å². The average molecular weight is 459 g/mol. The van der Waals surface area contributed by atoms with Crippen LogP contribution in [-0.2, 0) is 23.8 Å². The van der Waals surface area contributed by atoms with Crippen molar-refractivity contribution in [1.82, 2.24) is 0 Å². The van der Waals surface area contributed by atoms with Gasteiger partial charge in [0, 0.05) is 37.0 Å². The molecular formula is C28H42O5. The van der Waals surface area contributed by atoms with E-state index in [1.54, 1.807) is 0 Å². The minimum absolute atomic E-state index is 0.0634. The second kappa shape index (κ2) is 7.53. The van der Waals surface area contributed by atoms with Crippen LogP contribution in [0.25, 0.3) is 0 Å². The lowest BCUT2D eigenvalue weighted by atomic mass is 9.44. The highest BCUT2D eigenvalue weighted by molar-refractivity contribution is 5.87. The molecule has 2 saturated heterocycles. The summed E-state index contributed by atoms with van der Waals surface area (Å²) >= 11 is 0. The fourth-order valence-electron chi connectivity index (χ4n) is 10.2. The van der Waals surface area contributed by atoms with E-state index in [0.717, 1.165) is 58.0 Å². The third-order valence-corrected chi connectivity index (χ3v) is 11.8. The Morgan fingerprint density at radius 1 is 1.06 bits per heavy atom. The van der Waals surface area contributed by atoms with E-state index in [4.69, 9.17) is 14.2 Å². The van der Waals surface area contributed by atoms with Crippen molar-refractivity contribution in [3.63, 3.8) is 0 Å². The van der Waals surface area contributed by atoms with Gasteiger partial charge in [-0.05, 0) is 80.5 Å². The van der Waals surface area contributed by atoms with Gasteiger partial charge in [-0.1, -0.05) is 20.8 Å². The van der Waals surface area contributed by atoms with Crippen LogP contribution in [0.5, 0.6) is 0 Å². The van der Waals surface area contributed by atoms with Gasteiger partial charge < -0.3 is 14.2 Å². The van der Waals surface area contributed by atoms with Gasteiger partial charge in [-0.25, -0.2) is 0 Å². The molecule has 6 fully saturated rings. The second-order valence-electron chi connectivity index (χ2n) is 12.9. The Morgan fingerprint density at radius 3 is 2.61 bits per heavy atom. The maximum absolute atomic E-state index is 14.1. The van der Waals surface area contributed by atoms with E-state index in [2.05, 4.69) is 20.8 Å². The highest BCUT2D eigenvalue weighted by Crippen LogP contribution is 2.70. The fraction of sp³-hybridized carbons (Fsp3) is 0.929. The van der Waals surface area contributed by atoms with Crippen molar-refractivity contribution in [2.45, 2.75) is 110 Å². The first-order chi connectivity index (χ1) is 15.7. The standard InChI is InChI=1S/C28H42O5/c1-16-25-23(33-28(16)10-5-6-12-31-28)14-22-20-8-7-18-13-19(32-17(2)29)9-11-26(18,3)21(20)15-24(30)27(22,25)4/h16,18-23,25H,5-15H2,1-4H3. The van der Waals surface area contributed by atoms with Gasteiger partial charge in [-0.2, -0.15) is 0 Å². The molecule has 5 heteroatoms. The molecule has 33 heavy (non-hydrogen) atoms. The topological polar surface area (TPSA) is 61.8 Å². The number of rotatable bonds is 1. The van der Waals surface area contributed by atoms with Crippen molar-refractivity contribution >= 4 is 11.8 Å². The average Bonchev–Trinajstić information content (AvgIpc) is 3.21. The van der Waals surface area contributed by atoms with Gasteiger partial charge in [0.1, 0.15) is 11.9 Å². The second-order valence-corrected chi connectivity index (χ2v) is 12.9. The summed E-state index contributed by atoms with van der Waals surface area (Å²) in [6.45, 7) is 9.37. The van der Waals surface area contributed by atoms with E-state index < -0.39 is 5.79 Å². The first kappa shape index (κ1) is 22.5. The van der Waals surface area contributed by atoms with Crippen molar-refractivity contribution in [2.24, 2.45) is 46.3 Å². The molecule has 0 radical (unpaired) electrons.